The van der Waals surface area contributed by atoms with Crippen LogP contribution in [0.15, 0.2) is 0 Å². The Balaban J connectivity index is 1.56. The van der Waals surface area contributed by atoms with Crippen molar-refractivity contribution in [2.24, 2.45) is 5.92 Å². The van der Waals surface area contributed by atoms with Crippen LogP contribution in [0.4, 0.5) is 0 Å². The highest BCUT2D eigenvalue weighted by atomic mass is 16.5. The van der Waals surface area contributed by atoms with Crippen molar-refractivity contribution in [3.63, 3.8) is 0 Å². The van der Waals surface area contributed by atoms with Gasteiger partial charge in [0.15, 0.2) is 0 Å². The van der Waals surface area contributed by atoms with Crippen molar-refractivity contribution in [1.82, 2.24) is 0 Å². The summed E-state index contributed by atoms with van der Waals surface area (Å²) in [6, 6.07) is 0. The number of ether oxygens (including phenoxy) is 2. The standard InChI is InChI=1S/C15H26O3/c1-17-14(5-2-6-14)11-13(16)12-4-9-18-15(10-12)7-3-8-15/h12-13,16H,2-11H2,1H3. The monoisotopic (exact) mass is 254 g/mol. The molecule has 3 nitrogen and oxygen atoms in total. The van der Waals surface area contributed by atoms with Gasteiger partial charge in [-0.25, -0.2) is 0 Å². The van der Waals surface area contributed by atoms with E-state index in [1.807, 2.05) is 0 Å². The molecule has 2 aliphatic carbocycles. The summed E-state index contributed by atoms with van der Waals surface area (Å²) in [6.45, 7) is 0.835. The summed E-state index contributed by atoms with van der Waals surface area (Å²) in [4.78, 5) is 0. The maximum atomic E-state index is 10.5. The molecule has 2 unspecified atom stereocenters. The summed E-state index contributed by atoms with van der Waals surface area (Å²) in [5.41, 5.74) is 0.133. The van der Waals surface area contributed by atoms with Gasteiger partial charge in [0.05, 0.1) is 17.3 Å². The Hall–Kier alpha value is -0.120. The summed E-state index contributed by atoms with van der Waals surface area (Å²) in [6.07, 6.45) is 9.89. The van der Waals surface area contributed by atoms with Crippen molar-refractivity contribution in [3.8, 4) is 0 Å². The SMILES string of the molecule is COC1(CC(O)C2CCOC3(CCC3)C2)CCC1. The van der Waals surface area contributed by atoms with Crippen LogP contribution in [-0.4, -0.2) is 36.1 Å². The number of aliphatic hydroxyl groups excluding tert-OH is 1. The first-order valence-corrected chi connectivity index (χ1v) is 7.54. The fourth-order valence-electron chi connectivity index (χ4n) is 3.92. The second-order valence-corrected chi connectivity index (χ2v) is 6.65. The van der Waals surface area contributed by atoms with Gasteiger partial charge in [0.2, 0.25) is 0 Å². The molecule has 1 N–H and O–H groups in total. The van der Waals surface area contributed by atoms with E-state index >= 15 is 0 Å². The minimum Gasteiger partial charge on any atom is -0.393 e. The highest BCUT2D eigenvalue weighted by Crippen LogP contribution is 2.47. The lowest BCUT2D eigenvalue weighted by Crippen LogP contribution is -2.50. The largest absolute Gasteiger partial charge is 0.393 e. The van der Waals surface area contributed by atoms with E-state index in [2.05, 4.69) is 0 Å². The van der Waals surface area contributed by atoms with Crippen molar-refractivity contribution in [1.29, 1.82) is 0 Å². The summed E-state index contributed by atoms with van der Waals surface area (Å²) >= 11 is 0. The quantitative estimate of drug-likeness (QED) is 0.838. The second kappa shape index (κ2) is 4.77. The fourth-order valence-corrected chi connectivity index (χ4v) is 3.92. The first-order valence-electron chi connectivity index (χ1n) is 7.54. The number of hydrogen-bond acceptors (Lipinski definition) is 3. The van der Waals surface area contributed by atoms with Gasteiger partial charge < -0.3 is 14.6 Å². The van der Waals surface area contributed by atoms with Gasteiger partial charge in [-0.2, -0.15) is 0 Å². The van der Waals surface area contributed by atoms with E-state index in [9.17, 15) is 5.11 Å². The first kappa shape index (κ1) is 12.9. The lowest BCUT2D eigenvalue weighted by molar-refractivity contribution is -0.168. The van der Waals surface area contributed by atoms with Gasteiger partial charge in [-0.1, -0.05) is 0 Å². The number of hydrogen-bond donors (Lipinski definition) is 1. The molecule has 0 aromatic heterocycles. The van der Waals surface area contributed by atoms with E-state index in [1.54, 1.807) is 7.11 Å². The molecule has 0 aromatic rings. The molecule has 0 aromatic carbocycles. The molecule has 2 saturated carbocycles. The van der Waals surface area contributed by atoms with Crippen LogP contribution in [0.3, 0.4) is 0 Å². The lowest BCUT2D eigenvalue weighted by Gasteiger charge is -2.49. The molecular formula is C15H26O3. The third-order valence-electron chi connectivity index (χ3n) is 5.62. The zero-order valence-electron chi connectivity index (χ0n) is 11.5. The van der Waals surface area contributed by atoms with E-state index in [0.29, 0.717) is 5.92 Å². The molecule has 104 valence electrons. The highest BCUT2D eigenvalue weighted by Gasteiger charge is 2.46. The second-order valence-electron chi connectivity index (χ2n) is 6.65. The molecule has 1 spiro atoms. The van der Waals surface area contributed by atoms with Crippen molar-refractivity contribution in [2.45, 2.75) is 75.1 Å². The van der Waals surface area contributed by atoms with Gasteiger partial charge in [0.25, 0.3) is 0 Å². The number of methoxy groups -OCH3 is 1. The van der Waals surface area contributed by atoms with Crippen molar-refractivity contribution in [2.75, 3.05) is 13.7 Å². The van der Waals surface area contributed by atoms with Crippen LogP contribution >= 0.6 is 0 Å². The molecule has 3 fully saturated rings. The molecular weight excluding hydrogens is 228 g/mol. The molecule has 1 heterocycles. The van der Waals surface area contributed by atoms with E-state index in [4.69, 9.17) is 9.47 Å². The minimum atomic E-state index is -0.202. The molecule has 1 saturated heterocycles. The maximum absolute atomic E-state index is 10.5. The third-order valence-corrected chi connectivity index (χ3v) is 5.62. The van der Waals surface area contributed by atoms with Gasteiger partial charge in [-0.05, 0) is 57.3 Å². The molecule has 2 atom stereocenters. The summed E-state index contributed by atoms with van der Waals surface area (Å²) in [5, 5.41) is 10.5. The molecule has 1 aliphatic heterocycles. The Kier molecular flexibility index (Phi) is 3.41. The molecule has 18 heavy (non-hydrogen) atoms. The topological polar surface area (TPSA) is 38.7 Å². The van der Waals surface area contributed by atoms with E-state index in [0.717, 1.165) is 38.7 Å². The van der Waals surface area contributed by atoms with E-state index < -0.39 is 0 Å². The van der Waals surface area contributed by atoms with E-state index in [1.165, 1.54) is 25.7 Å². The molecule has 0 radical (unpaired) electrons. The van der Waals surface area contributed by atoms with Gasteiger partial charge in [-0.3, -0.25) is 0 Å². The van der Waals surface area contributed by atoms with Gasteiger partial charge >= 0.3 is 0 Å². The number of aliphatic hydroxyl groups is 1. The molecule has 0 bridgehead atoms. The van der Waals surface area contributed by atoms with Gasteiger partial charge in [0.1, 0.15) is 0 Å². The Bertz CT molecular complexity index is 289. The number of rotatable bonds is 4. The van der Waals surface area contributed by atoms with Gasteiger partial charge in [0, 0.05) is 20.1 Å². The molecule has 3 rings (SSSR count). The van der Waals surface area contributed by atoms with Crippen LogP contribution in [0.5, 0.6) is 0 Å². The maximum Gasteiger partial charge on any atom is 0.0703 e. The predicted molar refractivity (Wildman–Crippen MR) is 69.5 cm³/mol. The highest BCUT2D eigenvalue weighted by molar-refractivity contribution is 4.98. The fraction of sp³-hybridized carbons (Fsp3) is 1.00. The third kappa shape index (κ3) is 2.21. The molecule has 3 aliphatic rings. The van der Waals surface area contributed by atoms with Crippen molar-refractivity contribution >= 4 is 0 Å². The smallest absolute Gasteiger partial charge is 0.0703 e. The Morgan fingerprint density at radius 1 is 1.28 bits per heavy atom. The minimum absolute atomic E-state index is 0.00943. The molecule has 0 amide bonds. The lowest BCUT2D eigenvalue weighted by atomic mass is 9.68. The summed E-state index contributed by atoms with van der Waals surface area (Å²) in [5.74, 6) is 0.423. The van der Waals surface area contributed by atoms with Crippen LogP contribution in [0, 0.1) is 5.92 Å². The van der Waals surface area contributed by atoms with Gasteiger partial charge in [-0.15, -0.1) is 0 Å². The predicted octanol–water partition coefficient (Wildman–Crippen LogP) is 2.66. The zero-order chi connectivity index (χ0) is 12.6. The average Bonchev–Trinajstić information content (AvgIpc) is 2.32. The normalized spacial score (nSPS) is 34.7. The van der Waals surface area contributed by atoms with E-state index in [-0.39, 0.29) is 17.3 Å². The summed E-state index contributed by atoms with van der Waals surface area (Å²) in [7, 11) is 1.79. The van der Waals surface area contributed by atoms with Crippen LogP contribution in [0.1, 0.15) is 57.8 Å². The van der Waals surface area contributed by atoms with Crippen molar-refractivity contribution in [3.05, 3.63) is 0 Å². The van der Waals surface area contributed by atoms with Crippen LogP contribution in [0.25, 0.3) is 0 Å². The van der Waals surface area contributed by atoms with Crippen LogP contribution < -0.4 is 0 Å². The van der Waals surface area contributed by atoms with Crippen LogP contribution in [0.2, 0.25) is 0 Å². The zero-order valence-corrected chi connectivity index (χ0v) is 11.5. The Morgan fingerprint density at radius 3 is 2.50 bits per heavy atom. The molecule has 3 heteroatoms. The Morgan fingerprint density at radius 2 is 2.00 bits per heavy atom. The average molecular weight is 254 g/mol. The first-order chi connectivity index (χ1) is 8.67. The Labute approximate surface area is 110 Å². The van der Waals surface area contributed by atoms with Crippen molar-refractivity contribution < 1.29 is 14.6 Å². The summed E-state index contributed by atoms with van der Waals surface area (Å²) < 4.78 is 11.6. The van der Waals surface area contributed by atoms with Crippen LogP contribution in [-0.2, 0) is 9.47 Å².